The summed E-state index contributed by atoms with van der Waals surface area (Å²) < 4.78 is 13.8. The minimum Gasteiger partial charge on any atom is -0.507 e. The monoisotopic (exact) mass is 444 g/mol. The first-order valence-corrected chi connectivity index (χ1v) is 10.6. The van der Waals surface area contributed by atoms with E-state index in [1.54, 1.807) is 19.1 Å². The maximum absolute atomic E-state index is 13.8. The van der Waals surface area contributed by atoms with Crippen LogP contribution in [-0.4, -0.2) is 30.9 Å². The SMILES string of the molecule is Cc1cc(/C(O)=C2\C(=O)C(=O)N(c3ccc(N(C)C)cc3)C2c2ccccc2C)ccc1F. The van der Waals surface area contributed by atoms with Gasteiger partial charge in [0.05, 0.1) is 11.6 Å². The van der Waals surface area contributed by atoms with Gasteiger partial charge in [-0.3, -0.25) is 14.5 Å². The van der Waals surface area contributed by atoms with Crippen molar-refractivity contribution in [2.45, 2.75) is 19.9 Å². The largest absolute Gasteiger partial charge is 0.507 e. The number of aryl methyl sites for hydroxylation is 2. The molecule has 0 aliphatic carbocycles. The lowest BCUT2D eigenvalue weighted by molar-refractivity contribution is -0.132. The van der Waals surface area contributed by atoms with Crippen LogP contribution < -0.4 is 9.80 Å². The van der Waals surface area contributed by atoms with Gasteiger partial charge >= 0.3 is 0 Å². The molecule has 0 aromatic heterocycles. The first-order valence-electron chi connectivity index (χ1n) is 10.6. The minimum atomic E-state index is -0.818. The zero-order chi connectivity index (χ0) is 23.9. The van der Waals surface area contributed by atoms with E-state index in [4.69, 9.17) is 0 Å². The van der Waals surface area contributed by atoms with Crippen LogP contribution in [0.25, 0.3) is 5.76 Å². The van der Waals surface area contributed by atoms with E-state index in [1.807, 2.05) is 62.3 Å². The number of hydrogen-bond donors (Lipinski definition) is 1. The van der Waals surface area contributed by atoms with Crippen molar-refractivity contribution in [2.75, 3.05) is 23.9 Å². The molecule has 33 heavy (non-hydrogen) atoms. The number of Topliss-reactive ketones (excluding diaryl/α,β-unsaturated/α-hetero) is 1. The quantitative estimate of drug-likeness (QED) is 0.344. The highest BCUT2D eigenvalue weighted by Crippen LogP contribution is 2.43. The molecule has 1 aliphatic heterocycles. The Bertz CT molecular complexity index is 1280. The van der Waals surface area contributed by atoms with E-state index in [1.165, 1.54) is 23.1 Å². The highest BCUT2D eigenvalue weighted by atomic mass is 19.1. The number of aliphatic hydroxyl groups excluding tert-OH is 1. The molecule has 1 atom stereocenters. The van der Waals surface area contributed by atoms with Crippen molar-refractivity contribution >= 4 is 28.8 Å². The summed E-state index contributed by atoms with van der Waals surface area (Å²) >= 11 is 0. The fraction of sp³-hybridized carbons (Fsp3) is 0.185. The Hall–Kier alpha value is -3.93. The summed E-state index contributed by atoms with van der Waals surface area (Å²) in [4.78, 5) is 29.8. The first kappa shape index (κ1) is 22.3. The van der Waals surface area contributed by atoms with Crippen molar-refractivity contribution in [3.05, 3.63) is 100 Å². The molecule has 1 N–H and O–H groups in total. The molecule has 0 radical (unpaired) electrons. The third-order valence-electron chi connectivity index (χ3n) is 6.00. The second kappa shape index (κ2) is 8.54. The fourth-order valence-electron chi connectivity index (χ4n) is 4.15. The van der Waals surface area contributed by atoms with Gasteiger partial charge in [0.15, 0.2) is 0 Å². The van der Waals surface area contributed by atoms with Crippen molar-refractivity contribution in [3.8, 4) is 0 Å². The minimum absolute atomic E-state index is 0.0167. The van der Waals surface area contributed by atoms with Crippen molar-refractivity contribution in [3.63, 3.8) is 0 Å². The molecule has 1 aliphatic rings. The Kier molecular flexibility index (Phi) is 5.77. The molecule has 0 spiro atoms. The summed E-state index contributed by atoms with van der Waals surface area (Å²) in [5.74, 6) is -2.23. The number of carbonyl (C=O) groups is 2. The van der Waals surface area contributed by atoms with Crippen LogP contribution in [0.3, 0.4) is 0 Å². The molecule has 1 unspecified atom stereocenters. The zero-order valence-corrected chi connectivity index (χ0v) is 19.0. The maximum Gasteiger partial charge on any atom is 0.300 e. The van der Waals surface area contributed by atoms with Gasteiger partial charge in [0.2, 0.25) is 0 Å². The number of amides is 1. The molecular weight excluding hydrogens is 419 g/mol. The van der Waals surface area contributed by atoms with E-state index in [-0.39, 0.29) is 16.9 Å². The van der Waals surface area contributed by atoms with E-state index in [9.17, 15) is 19.1 Å². The van der Waals surface area contributed by atoms with E-state index < -0.39 is 23.5 Å². The van der Waals surface area contributed by atoms with E-state index in [0.29, 0.717) is 11.3 Å². The number of nitrogens with zero attached hydrogens (tertiary/aromatic N) is 2. The Balaban J connectivity index is 1.94. The molecule has 3 aromatic carbocycles. The molecule has 1 fully saturated rings. The molecule has 168 valence electrons. The van der Waals surface area contributed by atoms with Crippen LogP contribution in [0.1, 0.15) is 28.3 Å². The van der Waals surface area contributed by atoms with Crippen molar-refractivity contribution in [1.82, 2.24) is 0 Å². The summed E-state index contributed by atoms with van der Waals surface area (Å²) in [6.07, 6.45) is 0. The molecule has 3 aromatic rings. The summed E-state index contributed by atoms with van der Waals surface area (Å²) in [6, 6.07) is 18.1. The Morgan fingerprint density at radius 3 is 2.21 bits per heavy atom. The molecule has 1 amide bonds. The maximum atomic E-state index is 13.8. The van der Waals surface area contributed by atoms with Crippen LogP contribution in [0.5, 0.6) is 0 Å². The van der Waals surface area contributed by atoms with Crippen LogP contribution >= 0.6 is 0 Å². The van der Waals surface area contributed by atoms with Crippen LogP contribution in [0.2, 0.25) is 0 Å². The molecule has 4 rings (SSSR count). The summed E-state index contributed by atoms with van der Waals surface area (Å²) in [5, 5.41) is 11.2. The fourth-order valence-corrected chi connectivity index (χ4v) is 4.15. The van der Waals surface area contributed by atoms with Crippen molar-refractivity contribution < 1.29 is 19.1 Å². The van der Waals surface area contributed by atoms with Gasteiger partial charge in [0.25, 0.3) is 11.7 Å². The third kappa shape index (κ3) is 3.89. The Morgan fingerprint density at radius 1 is 0.939 bits per heavy atom. The highest BCUT2D eigenvalue weighted by Gasteiger charge is 2.47. The lowest BCUT2D eigenvalue weighted by Crippen LogP contribution is -2.29. The van der Waals surface area contributed by atoms with E-state index in [2.05, 4.69) is 0 Å². The molecule has 0 bridgehead atoms. The Labute approximate surface area is 192 Å². The molecule has 1 saturated heterocycles. The number of ketones is 1. The number of aliphatic hydroxyl groups is 1. The first-order chi connectivity index (χ1) is 15.7. The lowest BCUT2D eigenvalue weighted by Gasteiger charge is -2.27. The summed E-state index contributed by atoms with van der Waals surface area (Å²) in [7, 11) is 3.83. The summed E-state index contributed by atoms with van der Waals surface area (Å²) in [5.41, 5.74) is 3.70. The van der Waals surface area contributed by atoms with Crippen molar-refractivity contribution in [2.24, 2.45) is 0 Å². The topological polar surface area (TPSA) is 60.9 Å². The smallest absolute Gasteiger partial charge is 0.300 e. The highest BCUT2D eigenvalue weighted by molar-refractivity contribution is 6.51. The number of carbonyl (C=O) groups excluding carboxylic acids is 2. The molecule has 5 nitrogen and oxygen atoms in total. The van der Waals surface area contributed by atoms with Crippen LogP contribution in [0.4, 0.5) is 15.8 Å². The predicted octanol–water partition coefficient (Wildman–Crippen LogP) is 5.13. The van der Waals surface area contributed by atoms with Crippen LogP contribution in [0.15, 0.2) is 72.3 Å². The van der Waals surface area contributed by atoms with Crippen molar-refractivity contribution in [1.29, 1.82) is 0 Å². The number of benzene rings is 3. The normalized spacial score (nSPS) is 17.5. The molecule has 6 heteroatoms. The van der Waals surface area contributed by atoms with Gasteiger partial charge in [-0.05, 0) is 73.0 Å². The van der Waals surface area contributed by atoms with Gasteiger partial charge in [-0.15, -0.1) is 0 Å². The standard InChI is InChI=1S/C27H25FN2O3/c1-16-7-5-6-8-21(16)24-23(25(31)18-9-14-22(28)17(2)15-18)26(32)27(33)30(24)20-12-10-19(11-13-20)29(3)4/h5-15,24,31H,1-4H3/b25-23+. The molecular formula is C27H25FN2O3. The average molecular weight is 445 g/mol. The van der Waals surface area contributed by atoms with Gasteiger partial charge in [0.1, 0.15) is 11.6 Å². The average Bonchev–Trinajstić information content (AvgIpc) is 3.06. The van der Waals surface area contributed by atoms with E-state index in [0.717, 1.165) is 16.8 Å². The number of hydrogen-bond acceptors (Lipinski definition) is 4. The van der Waals surface area contributed by atoms with E-state index >= 15 is 0 Å². The lowest BCUT2D eigenvalue weighted by atomic mass is 9.92. The van der Waals surface area contributed by atoms with Gasteiger partial charge in [-0.2, -0.15) is 0 Å². The second-order valence-corrected chi connectivity index (χ2v) is 8.40. The second-order valence-electron chi connectivity index (χ2n) is 8.40. The Morgan fingerprint density at radius 2 is 1.61 bits per heavy atom. The van der Waals surface area contributed by atoms with Crippen LogP contribution in [-0.2, 0) is 9.59 Å². The zero-order valence-electron chi connectivity index (χ0n) is 19.0. The third-order valence-corrected chi connectivity index (χ3v) is 6.00. The predicted molar refractivity (Wildman–Crippen MR) is 128 cm³/mol. The van der Waals surface area contributed by atoms with Gasteiger partial charge in [-0.25, -0.2) is 4.39 Å². The molecule has 1 heterocycles. The summed E-state index contributed by atoms with van der Waals surface area (Å²) in [6.45, 7) is 3.47. The number of anilines is 2. The van der Waals surface area contributed by atoms with Gasteiger partial charge in [0, 0.05) is 31.0 Å². The van der Waals surface area contributed by atoms with Gasteiger partial charge < -0.3 is 10.0 Å². The van der Waals surface area contributed by atoms with Gasteiger partial charge in [-0.1, -0.05) is 24.3 Å². The molecule has 0 saturated carbocycles. The number of rotatable bonds is 4. The van der Waals surface area contributed by atoms with Crippen LogP contribution in [0, 0.1) is 19.7 Å². The number of halogens is 1.